The minimum atomic E-state index is -5.05. The summed E-state index contributed by atoms with van der Waals surface area (Å²) in [6.45, 7) is 9.59. The summed E-state index contributed by atoms with van der Waals surface area (Å²) in [5.41, 5.74) is -1.13. The highest BCUT2D eigenvalue weighted by Crippen LogP contribution is 2.40. The number of nitrogens with zero attached hydrogens (tertiary/aromatic N) is 3. The Bertz CT molecular complexity index is 1650. The van der Waals surface area contributed by atoms with Gasteiger partial charge in [0.1, 0.15) is 5.82 Å². The number of alkyl halides is 6. The SMILES string of the molecule is C=C(c1ccccc1C)c1ccc(N2CC3CCC2CC3)nc1/C=C\CN(N)C(=O)C(C)(C)c1cc(C(F)(F)F)cc(C(F)(F)F)c1. The van der Waals surface area contributed by atoms with Crippen molar-refractivity contribution in [1.29, 1.82) is 0 Å². The number of aryl methyl sites for hydroxylation is 1. The van der Waals surface area contributed by atoms with Crippen molar-refractivity contribution in [2.24, 2.45) is 11.8 Å². The lowest BCUT2D eigenvalue weighted by atomic mass is 9.80. The van der Waals surface area contributed by atoms with Gasteiger partial charge >= 0.3 is 12.4 Å². The Labute approximate surface area is 270 Å². The van der Waals surface area contributed by atoms with E-state index in [-0.39, 0.29) is 12.6 Å². The standard InChI is InChI=1S/C36H38F6N4O/c1-22-8-5-6-9-29(22)23(2)30-15-16-32(45-21-24-11-13-28(45)14-12-24)44-31(30)10-7-17-46(43)33(47)34(3,4)25-18-26(35(37,38)39)20-27(19-25)36(40,41)42/h5-10,15-16,18-20,24,28H,2,11-14,17,21,43H2,1,3-4H3/b10-7-. The molecule has 1 aromatic heterocycles. The van der Waals surface area contributed by atoms with Crippen LogP contribution in [0.2, 0.25) is 0 Å². The second-order valence-corrected chi connectivity index (χ2v) is 13.0. The lowest BCUT2D eigenvalue weighted by molar-refractivity contribution is -0.144. The number of fused-ring (bicyclic) bond motifs is 3. The molecule has 0 unspecified atom stereocenters. The highest BCUT2D eigenvalue weighted by Gasteiger charge is 2.41. The number of hydrogen-bond donors (Lipinski definition) is 1. The molecule has 2 aliphatic heterocycles. The highest BCUT2D eigenvalue weighted by molar-refractivity contribution is 5.87. The molecular weight excluding hydrogens is 618 g/mol. The number of hydrazine groups is 1. The first-order valence-corrected chi connectivity index (χ1v) is 15.5. The van der Waals surface area contributed by atoms with Crippen LogP contribution in [0.5, 0.6) is 0 Å². The predicted molar refractivity (Wildman–Crippen MR) is 171 cm³/mol. The number of piperidine rings is 2. The number of amides is 1. The fraction of sp³-hybridized carbons (Fsp3) is 0.389. The van der Waals surface area contributed by atoms with Crippen molar-refractivity contribution in [2.75, 3.05) is 18.0 Å². The van der Waals surface area contributed by atoms with Gasteiger partial charge in [0.15, 0.2) is 0 Å². The molecule has 1 aliphatic carbocycles. The molecule has 0 atom stereocenters. The summed E-state index contributed by atoms with van der Waals surface area (Å²) in [6.07, 6.45) is -2.11. The van der Waals surface area contributed by atoms with Gasteiger partial charge in [-0.05, 0) is 111 Å². The van der Waals surface area contributed by atoms with E-state index in [1.807, 2.05) is 43.3 Å². The van der Waals surface area contributed by atoms with Crippen molar-refractivity contribution in [2.45, 2.75) is 70.3 Å². The summed E-state index contributed by atoms with van der Waals surface area (Å²) in [7, 11) is 0. The fourth-order valence-corrected chi connectivity index (χ4v) is 6.57. The first kappa shape index (κ1) is 34.2. The zero-order chi connectivity index (χ0) is 34.3. The van der Waals surface area contributed by atoms with Gasteiger partial charge in [-0.3, -0.25) is 9.80 Å². The summed E-state index contributed by atoms with van der Waals surface area (Å²) in [6, 6.07) is 13.4. The van der Waals surface area contributed by atoms with Crippen molar-refractivity contribution in [1.82, 2.24) is 9.99 Å². The zero-order valence-electron chi connectivity index (χ0n) is 26.6. The smallest absolute Gasteiger partial charge is 0.353 e. The number of rotatable bonds is 8. The van der Waals surface area contributed by atoms with E-state index in [2.05, 4.69) is 11.5 Å². The van der Waals surface area contributed by atoms with Crippen LogP contribution < -0.4 is 10.7 Å². The number of nitrogens with two attached hydrogens (primary N) is 1. The normalized spacial score (nSPS) is 18.6. The third kappa shape index (κ3) is 7.25. The van der Waals surface area contributed by atoms with Crippen LogP contribution in [0.3, 0.4) is 0 Å². The Hall–Kier alpha value is -4.12. The molecule has 250 valence electrons. The minimum absolute atomic E-state index is 0.0333. The molecule has 2 saturated heterocycles. The Balaban J connectivity index is 1.43. The van der Waals surface area contributed by atoms with E-state index in [1.54, 1.807) is 12.2 Å². The van der Waals surface area contributed by atoms with Crippen molar-refractivity contribution in [3.63, 3.8) is 0 Å². The second-order valence-electron chi connectivity index (χ2n) is 13.0. The van der Waals surface area contributed by atoms with Gasteiger partial charge in [-0.25, -0.2) is 10.8 Å². The molecule has 1 saturated carbocycles. The van der Waals surface area contributed by atoms with E-state index < -0.39 is 40.4 Å². The van der Waals surface area contributed by atoms with Gasteiger partial charge in [0, 0.05) is 18.2 Å². The van der Waals surface area contributed by atoms with Crippen LogP contribution in [0.15, 0.2) is 67.3 Å². The van der Waals surface area contributed by atoms with E-state index in [4.69, 9.17) is 10.8 Å². The second kappa shape index (κ2) is 12.8. The molecule has 11 heteroatoms. The quantitative estimate of drug-likeness (QED) is 0.114. The molecule has 2 bridgehead atoms. The maximum absolute atomic E-state index is 13.5. The largest absolute Gasteiger partial charge is 0.416 e. The average Bonchev–Trinajstić information content (AvgIpc) is 3.03. The Morgan fingerprint density at radius 3 is 2.09 bits per heavy atom. The maximum atomic E-state index is 13.5. The van der Waals surface area contributed by atoms with Gasteiger partial charge in [-0.1, -0.05) is 36.9 Å². The van der Waals surface area contributed by atoms with Crippen LogP contribution in [-0.4, -0.2) is 35.0 Å². The molecule has 47 heavy (non-hydrogen) atoms. The predicted octanol–water partition coefficient (Wildman–Crippen LogP) is 8.56. The van der Waals surface area contributed by atoms with Crippen LogP contribution in [0.25, 0.3) is 11.6 Å². The molecule has 3 heterocycles. The van der Waals surface area contributed by atoms with Crippen LogP contribution in [0, 0.1) is 12.8 Å². The lowest BCUT2D eigenvalue weighted by Gasteiger charge is -2.46. The molecule has 0 spiro atoms. The van der Waals surface area contributed by atoms with Crippen LogP contribution in [-0.2, 0) is 22.6 Å². The summed E-state index contributed by atoms with van der Waals surface area (Å²) in [5.74, 6) is 6.71. The first-order chi connectivity index (χ1) is 22.0. The molecule has 1 amide bonds. The third-order valence-corrected chi connectivity index (χ3v) is 9.39. The maximum Gasteiger partial charge on any atom is 0.416 e. The van der Waals surface area contributed by atoms with E-state index >= 15 is 0 Å². The molecule has 5 nitrogen and oxygen atoms in total. The number of carbonyl (C=O) groups excluding carboxylic acids is 1. The van der Waals surface area contributed by atoms with Gasteiger partial charge < -0.3 is 4.90 Å². The van der Waals surface area contributed by atoms with E-state index in [1.165, 1.54) is 26.7 Å². The monoisotopic (exact) mass is 656 g/mol. The molecule has 0 radical (unpaired) electrons. The third-order valence-electron chi connectivity index (χ3n) is 9.39. The van der Waals surface area contributed by atoms with E-state index in [0.717, 1.165) is 52.5 Å². The highest BCUT2D eigenvalue weighted by atomic mass is 19.4. The average molecular weight is 657 g/mol. The minimum Gasteiger partial charge on any atom is -0.353 e. The molecule has 3 fully saturated rings. The number of hydrogen-bond acceptors (Lipinski definition) is 4. The lowest BCUT2D eigenvalue weighted by Crippen LogP contribution is -2.48. The summed E-state index contributed by atoms with van der Waals surface area (Å²) in [4.78, 5) is 20.8. The molecule has 2 aromatic carbocycles. The number of benzene rings is 2. The van der Waals surface area contributed by atoms with Crippen LogP contribution in [0.4, 0.5) is 32.2 Å². The molecule has 2 N–H and O–H groups in total. The van der Waals surface area contributed by atoms with Crippen molar-refractivity contribution < 1.29 is 31.1 Å². The van der Waals surface area contributed by atoms with Crippen LogP contribution in [0.1, 0.15) is 78.6 Å². The van der Waals surface area contributed by atoms with Gasteiger partial charge in [-0.2, -0.15) is 26.3 Å². The Morgan fingerprint density at radius 1 is 0.936 bits per heavy atom. The summed E-state index contributed by atoms with van der Waals surface area (Å²) in [5, 5.41) is 0.785. The first-order valence-electron chi connectivity index (χ1n) is 15.5. The number of aromatic nitrogens is 1. The fourth-order valence-electron chi connectivity index (χ4n) is 6.57. The summed E-state index contributed by atoms with van der Waals surface area (Å²) < 4.78 is 81.1. The zero-order valence-corrected chi connectivity index (χ0v) is 26.6. The molecule has 6 rings (SSSR count). The van der Waals surface area contributed by atoms with Crippen molar-refractivity contribution in [3.05, 3.63) is 106 Å². The molecule has 3 aliphatic rings. The Morgan fingerprint density at radius 2 is 1.53 bits per heavy atom. The number of pyridine rings is 1. The van der Waals surface area contributed by atoms with Crippen molar-refractivity contribution in [3.8, 4) is 0 Å². The number of halogens is 6. The Kier molecular flexibility index (Phi) is 9.34. The van der Waals surface area contributed by atoms with E-state index in [0.29, 0.717) is 29.8 Å². The molecule has 3 aromatic rings. The van der Waals surface area contributed by atoms with Gasteiger partial charge in [0.25, 0.3) is 0 Å². The van der Waals surface area contributed by atoms with E-state index in [9.17, 15) is 31.1 Å². The summed E-state index contributed by atoms with van der Waals surface area (Å²) >= 11 is 0. The van der Waals surface area contributed by atoms with Crippen molar-refractivity contribution >= 4 is 23.4 Å². The van der Waals surface area contributed by atoms with Crippen LogP contribution >= 0.6 is 0 Å². The molecular formula is C36H38F6N4O. The number of carbonyl (C=O) groups is 1. The topological polar surface area (TPSA) is 62.5 Å². The van der Waals surface area contributed by atoms with Gasteiger partial charge in [0.05, 0.1) is 28.8 Å². The number of anilines is 1. The van der Waals surface area contributed by atoms with Gasteiger partial charge in [-0.15, -0.1) is 0 Å². The van der Waals surface area contributed by atoms with Gasteiger partial charge in [0.2, 0.25) is 5.91 Å².